The lowest BCUT2D eigenvalue weighted by atomic mass is 10.0. The normalized spacial score (nSPS) is 18.9. The Bertz CT molecular complexity index is 1840. The van der Waals surface area contributed by atoms with Crippen molar-refractivity contribution in [3.05, 3.63) is 89.0 Å². The molecule has 0 unspecified atom stereocenters. The summed E-state index contributed by atoms with van der Waals surface area (Å²) in [7, 11) is 0. The van der Waals surface area contributed by atoms with Gasteiger partial charge in [-0.15, -0.1) is 5.10 Å². The fourth-order valence-corrected chi connectivity index (χ4v) is 5.90. The van der Waals surface area contributed by atoms with Crippen molar-refractivity contribution in [2.24, 2.45) is 5.92 Å². The standard InChI is InChI=1S/C36H44ClN9O6/c1-23(2)18-30-34(49)38-13-16-44(36(51)26-20-39-46(21-26)28-8-5-4-6-9-28)15-12-27-22-45(43-42-27)14-7-17-52-31-11-10-25(19-29(31)37)33(48)41-32(24(3)47)35(50)40-30/h4-6,8-11,19-24,30,32,47H,7,12-18H2,1-3H3,(H,38,49)(H,40,50)(H,41,48)/t24-,30-,32+/m1/s1. The third kappa shape index (κ3) is 10.2. The molecule has 4 amide bonds. The summed E-state index contributed by atoms with van der Waals surface area (Å²) >= 11 is 6.42. The van der Waals surface area contributed by atoms with Crippen LogP contribution < -0.4 is 20.7 Å². The molecule has 4 bridgehead atoms. The maximum absolute atomic E-state index is 13.8. The molecule has 3 atom stereocenters. The van der Waals surface area contributed by atoms with Crippen LogP contribution in [0.25, 0.3) is 5.69 Å². The van der Waals surface area contributed by atoms with Crippen molar-refractivity contribution >= 4 is 35.2 Å². The number of benzene rings is 2. The molecule has 0 saturated heterocycles. The monoisotopic (exact) mass is 733 g/mol. The number of nitrogens with zero attached hydrogens (tertiary/aromatic N) is 6. The molecule has 2 aromatic heterocycles. The number of aromatic nitrogens is 5. The second kappa shape index (κ2) is 17.8. The molecule has 2 aliphatic rings. The van der Waals surface area contributed by atoms with E-state index >= 15 is 0 Å². The number of aryl methyl sites for hydroxylation is 1. The van der Waals surface area contributed by atoms with Gasteiger partial charge in [0.15, 0.2) is 0 Å². The number of carbonyl (C=O) groups excluding carboxylic acids is 4. The van der Waals surface area contributed by atoms with E-state index in [1.54, 1.807) is 26.5 Å². The van der Waals surface area contributed by atoms with Crippen LogP contribution in [0.3, 0.4) is 0 Å². The summed E-state index contributed by atoms with van der Waals surface area (Å²) in [6.07, 6.45) is 4.97. The average Bonchev–Trinajstić information content (AvgIpc) is 3.80. The Kier molecular flexibility index (Phi) is 13.0. The first-order valence-electron chi connectivity index (χ1n) is 17.3. The van der Waals surface area contributed by atoms with Gasteiger partial charge in [0.2, 0.25) is 11.8 Å². The lowest BCUT2D eigenvalue weighted by molar-refractivity contribution is -0.131. The molecule has 2 aliphatic heterocycles. The number of carbonyl (C=O) groups is 4. The first-order chi connectivity index (χ1) is 25.0. The average molecular weight is 734 g/mol. The molecule has 0 fully saturated rings. The van der Waals surface area contributed by atoms with E-state index in [4.69, 9.17) is 16.3 Å². The van der Waals surface area contributed by atoms with Crippen molar-refractivity contribution < 1.29 is 29.0 Å². The number of nitrogens with one attached hydrogen (secondary N) is 3. The minimum Gasteiger partial charge on any atom is -0.492 e. The Morgan fingerprint density at radius 1 is 1.02 bits per heavy atom. The predicted octanol–water partition coefficient (Wildman–Crippen LogP) is 2.41. The number of ether oxygens (including phenoxy) is 1. The highest BCUT2D eigenvalue weighted by molar-refractivity contribution is 6.32. The van der Waals surface area contributed by atoms with Gasteiger partial charge < -0.3 is 30.7 Å². The highest BCUT2D eigenvalue weighted by atomic mass is 35.5. The van der Waals surface area contributed by atoms with Gasteiger partial charge in [-0.25, -0.2) is 4.68 Å². The van der Waals surface area contributed by atoms with E-state index in [9.17, 15) is 24.3 Å². The molecule has 0 aliphatic carbocycles. The van der Waals surface area contributed by atoms with Gasteiger partial charge in [-0.3, -0.25) is 23.9 Å². The van der Waals surface area contributed by atoms with Crippen molar-refractivity contribution in [2.75, 3.05) is 26.2 Å². The van der Waals surface area contributed by atoms with Gasteiger partial charge >= 0.3 is 0 Å². The zero-order valence-electron chi connectivity index (χ0n) is 29.4. The molecule has 0 saturated carbocycles. The van der Waals surface area contributed by atoms with Crippen LogP contribution in [0.15, 0.2) is 67.1 Å². The Morgan fingerprint density at radius 2 is 1.81 bits per heavy atom. The molecule has 6 rings (SSSR count). The van der Waals surface area contributed by atoms with Crippen LogP contribution in [0.2, 0.25) is 5.02 Å². The third-order valence-corrected chi connectivity index (χ3v) is 8.71. The van der Waals surface area contributed by atoms with Crippen LogP contribution in [0.5, 0.6) is 5.75 Å². The highest BCUT2D eigenvalue weighted by Gasteiger charge is 2.31. The lowest BCUT2D eigenvalue weighted by Crippen LogP contribution is -2.57. The van der Waals surface area contributed by atoms with E-state index in [1.807, 2.05) is 50.4 Å². The number of hydrogen-bond acceptors (Lipinski definition) is 9. The summed E-state index contributed by atoms with van der Waals surface area (Å²) in [6, 6.07) is 11.6. The Labute approximate surface area is 306 Å². The fraction of sp³-hybridized carbons (Fsp3) is 0.417. The summed E-state index contributed by atoms with van der Waals surface area (Å²) in [4.78, 5) is 55.5. The molecule has 16 heteroatoms. The van der Waals surface area contributed by atoms with Crippen molar-refractivity contribution in [2.45, 2.75) is 64.8 Å². The van der Waals surface area contributed by atoms with Crippen LogP contribution in [-0.4, -0.2) is 103 Å². The quantitative estimate of drug-likeness (QED) is 0.224. The summed E-state index contributed by atoms with van der Waals surface area (Å²) < 4.78 is 9.16. The van der Waals surface area contributed by atoms with Gasteiger partial charge in [0.1, 0.15) is 17.8 Å². The van der Waals surface area contributed by atoms with Crippen LogP contribution >= 0.6 is 11.6 Å². The molecule has 4 N–H and O–H groups in total. The first kappa shape index (κ1) is 38.0. The number of fused-ring (bicyclic) bond motifs is 17. The smallest absolute Gasteiger partial charge is 0.257 e. The van der Waals surface area contributed by atoms with Crippen molar-refractivity contribution in [1.29, 1.82) is 0 Å². The van der Waals surface area contributed by atoms with Crippen LogP contribution in [0.1, 0.15) is 60.0 Å². The second-order valence-electron chi connectivity index (χ2n) is 13.0. The van der Waals surface area contributed by atoms with Crippen LogP contribution in [0.4, 0.5) is 0 Å². The van der Waals surface area contributed by atoms with Gasteiger partial charge in [0.05, 0.1) is 40.9 Å². The maximum Gasteiger partial charge on any atom is 0.257 e. The Balaban J connectivity index is 1.38. The number of aliphatic hydroxyl groups is 1. The summed E-state index contributed by atoms with van der Waals surface area (Å²) in [5.41, 5.74) is 2.01. The largest absolute Gasteiger partial charge is 0.492 e. The molecule has 4 aromatic rings. The summed E-state index contributed by atoms with van der Waals surface area (Å²) in [5, 5.41) is 31.7. The number of aliphatic hydroxyl groups excluding tert-OH is 1. The molecule has 4 heterocycles. The number of rotatable bonds is 5. The SMILES string of the molecule is CC(C)C[C@H]1NC(=O)[C@H]([C@@H](C)O)NC(=O)c2ccc(c(Cl)c2)OCCCn2cc(nn2)CCN(C(=O)c2cnn(-c3ccccc3)c2)CCNC1=O. The van der Waals surface area contributed by atoms with Crippen LogP contribution in [0, 0.1) is 5.92 Å². The van der Waals surface area contributed by atoms with E-state index in [2.05, 4.69) is 31.4 Å². The molecule has 0 radical (unpaired) electrons. The molecular weight excluding hydrogens is 690 g/mol. The van der Waals surface area contributed by atoms with E-state index in [-0.39, 0.29) is 48.5 Å². The van der Waals surface area contributed by atoms with E-state index in [0.717, 1.165) is 5.69 Å². The zero-order chi connectivity index (χ0) is 37.2. The molecule has 2 aromatic carbocycles. The maximum atomic E-state index is 13.8. The Hall–Kier alpha value is -5.28. The number of halogens is 1. The summed E-state index contributed by atoms with van der Waals surface area (Å²) in [5.74, 6) is -1.74. The number of para-hydroxylation sites is 1. The molecule has 52 heavy (non-hydrogen) atoms. The molecule has 15 nitrogen and oxygen atoms in total. The second-order valence-corrected chi connectivity index (χ2v) is 13.5. The van der Waals surface area contributed by atoms with Crippen molar-refractivity contribution in [1.82, 2.24) is 45.6 Å². The first-order valence-corrected chi connectivity index (χ1v) is 17.6. The Morgan fingerprint density at radius 3 is 2.54 bits per heavy atom. The fourth-order valence-electron chi connectivity index (χ4n) is 5.66. The van der Waals surface area contributed by atoms with Crippen LogP contribution in [-0.2, 0) is 22.6 Å². The minimum absolute atomic E-state index is 0.0120. The lowest BCUT2D eigenvalue weighted by Gasteiger charge is -2.26. The van der Waals surface area contributed by atoms with E-state index in [0.29, 0.717) is 43.0 Å². The zero-order valence-corrected chi connectivity index (χ0v) is 30.1. The third-order valence-electron chi connectivity index (χ3n) is 8.42. The number of amides is 4. The minimum atomic E-state index is -1.37. The topological polar surface area (TPSA) is 186 Å². The van der Waals surface area contributed by atoms with Crippen molar-refractivity contribution in [3.63, 3.8) is 0 Å². The number of hydrogen-bond donors (Lipinski definition) is 4. The molecule has 276 valence electrons. The van der Waals surface area contributed by atoms with E-state index in [1.165, 1.54) is 25.3 Å². The van der Waals surface area contributed by atoms with Gasteiger partial charge in [-0.2, -0.15) is 5.10 Å². The molecule has 0 spiro atoms. The van der Waals surface area contributed by atoms with Gasteiger partial charge in [0, 0.05) is 57.0 Å². The molecular formula is C36H44ClN9O6. The van der Waals surface area contributed by atoms with Gasteiger partial charge in [0.25, 0.3) is 11.8 Å². The van der Waals surface area contributed by atoms with Gasteiger partial charge in [-0.05, 0) is 49.6 Å². The summed E-state index contributed by atoms with van der Waals surface area (Å²) in [6.45, 7) is 6.53. The highest BCUT2D eigenvalue weighted by Crippen LogP contribution is 2.26. The van der Waals surface area contributed by atoms with Crippen molar-refractivity contribution in [3.8, 4) is 11.4 Å². The predicted molar refractivity (Wildman–Crippen MR) is 192 cm³/mol. The van der Waals surface area contributed by atoms with E-state index < -0.39 is 35.9 Å². The van der Waals surface area contributed by atoms with Gasteiger partial charge in [-0.1, -0.05) is 48.9 Å².